The van der Waals surface area contributed by atoms with Crippen molar-refractivity contribution in [2.75, 3.05) is 13.1 Å². The van der Waals surface area contributed by atoms with E-state index in [1.165, 1.54) is 4.31 Å². The Morgan fingerprint density at radius 1 is 1.30 bits per heavy atom. The minimum absolute atomic E-state index is 0.109. The largest absolute Gasteiger partial charge is 0.388 e. The maximum atomic E-state index is 12.8. The molecular formula is C17H27NO3SSi. The number of rotatable bonds is 4. The Morgan fingerprint density at radius 2 is 1.83 bits per heavy atom. The molecule has 1 saturated heterocycles. The fraction of sp³-hybridized carbons (Fsp3) is 0.529. The Morgan fingerprint density at radius 3 is 2.30 bits per heavy atom. The summed E-state index contributed by atoms with van der Waals surface area (Å²) in [6.07, 6.45) is 0. The molecule has 0 unspecified atom stereocenters. The normalized spacial score (nSPS) is 26.4. The fourth-order valence-electron chi connectivity index (χ4n) is 2.98. The van der Waals surface area contributed by atoms with E-state index in [-0.39, 0.29) is 17.4 Å². The average molecular weight is 354 g/mol. The van der Waals surface area contributed by atoms with Gasteiger partial charge in [-0.2, -0.15) is 4.31 Å². The van der Waals surface area contributed by atoms with E-state index in [4.69, 9.17) is 0 Å². The van der Waals surface area contributed by atoms with Crippen LogP contribution in [0.4, 0.5) is 0 Å². The number of aliphatic hydroxyl groups is 1. The Labute approximate surface area is 140 Å². The van der Waals surface area contributed by atoms with Crippen LogP contribution in [0.5, 0.6) is 0 Å². The lowest BCUT2D eigenvalue weighted by Gasteiger charge is -2.32. The summed E-state index contributed by atoms with van der Waals surface area (Å²) < 4.78 is 27.1. The van der Waals surface area contributed by atoms with E-state index >= 15 is 0 Å². The summed E-state index contributed by atoms with van der Waals surface area (Å²) in [5.41, 5.74) is -0.0582. The highest BCUT2D eigenvalue weighted by atomic mass is 32.2. The third kappa shape index (κ3) is 3.60. The second kappa shape index (κ2) is 5.84. The minimum Gasteiger partial charge on any atom is -0.388 e. The molecule has 1 aromatic rings. The van der Waals surface area contributed by atoms with E-state index in [0.717, 1.165) is 10.8 Å². The number of aryl methyl sites for hydroxylation is 1. The van der Waals surface area contributed by atoms with Gasteiger partial charge in [-0.1, -0.05) is 42.5 Å². The summed E-state index contributed by atoms with van der Waals surface area (Å²) in [4.78, 5) is 0.276. The Kier molecular flexibility index (Phi) is 4.67. The lowest BCUT2D eigenvalue weighted by molar-refractivity contribution is 0.0483. The van der Waals surface area contributed by atoms with Crippen molar-refractivity contribution >= 4 is 18.1 Å². The van der Waals surface area contributed by atoms with Gasteiger partial charge >= 0.3 is 0 Å². The molecule has 0 aromatic heterocycles. The summed E-state index contributed by atoms with van der Waals surface area (Å²) in [6.45, 7) is 14.7. The van der Waals surface area contributed by atoms with E-state index in [2.05, 4.69) is 26.2 Å². The van der Waals surface area contributed by atoms with Gasteiger partial charge < -0.3 is 5.11 Å². The molecule has 6 heteroatoms. The van der Waals surface area contributed by atoms with Gasteiger partial charge in [-0.3, -0.25) is 0 Å². The second-order valence-electron chi connectivity index (χ2n) is 7.80. The first-order valence-corrected chi connectivity index (χ1v) is 12.8. The maximum absolute atomic E-state index is 12.8. The van der Waals surface area contributed by atoms with Gasteiger partial charge in [-0.15, -0.1) is 6.58 Å². The van der Waals surface area contributed by atoms with Gasteiger partial charge in [0.25, 0.3) is 0 Å². The summed E-state index contributed by atoms with van der Waals surface area (Å²) >= 11 is 0. The quantitative estimate of drug-likeness (QED) is 0.847. The Balaban J connectivity index is 2.33. The SMILES string of the molecule is C=C([C@@H]1CN(S(=O)(=O)c2ccc(C)cc2)C[C@]1(C)O)[Si](C)(C)C. The number of β-amino-alcohol motifs (C(OH)–C–C–N with tert-alkyl or cyclic N) is 1. The maximum Gasteiger partial charge on any atom is 0.243 e. The number of nitrogens with zero attached hydrogens (tertiary/aromatic N) is 1. The van der Waals surface area contributed by atoms with E-state index in [1.807, 2.05) is 6.92 Å². The highest BCUT2D eigenvalue weighted by Gasteiger charge is 2.48. The van der Waals surface area contributed by atoms with Crippen LogP contribution in [0.3, 0.4) is 0 Å². The van der Waals surface area contributed by atoms with Gasteiger partial charge in [0.1, 0.15) is 0 Å². The van der Waals surface area contributed by atoms with Crippen LogP contribution in [0.15, 0.2) is 40.9 Å². The number of hydrogen-bond acceptors (Lipinski definition) is 3. The first kappa shape index (κ1) is 18.4. The third-order valence-corrected chi connectivity index (χ3v) is 8.78. The summed E-state index contributed by atoms with van der Waals surface area (Å²) in [6, 6.07) is 6.83. The van der Waals surface area contributed by atoms with Gasteiger partial charge in [-0.05, 0) is 26.0 Å². The third-order valence-electron chi connectivity index (χ3n) is 4.68. The molecule has 23 heavy (non-hydrogen) atoms. The van der Waals surface area contributed by atoms with Crippen LogP contribution in [0, 0.1) is 12.8 Å². The van der Waals surface area contributed by atoms with Crippen LogP contribution in [-0.4, -0.2) is 44.6 Å². The fourth-order valence-corrected chi connectivity index (χ4v) is 5.99. The van der Waals surface area contributed by atoms with E-state index in [9.17, 15) is 13.5 Å². The predicted molar refractivity (Wildman–Crippen MR) is 96.5 cm³/mol. The predicted octanol–water partition coefficient (Wildman–Crippen LogP) is 2.80. The van der Waals surface area contributed by atoms with Crippen LogP contribution in [-0.2, 0) is 10.0 Å². The molecule has 1 aromatic carbocycles. The van der Waals surface area contributed by atoms with E-state index < -0.39 is 23.7 Å². The number of benzene rings is 1. The van der Waals surface area contributed by atoms with Gasteiger partial charge in [0, 0.05) is 19.0 Å². The lowest BCUT2D eigenvalue weighted by atomic mass is 9.93. The van der Waals surface area contributed by atoms with Crippen molar-refractivity contribution in [3.05, 3.63) is 41.6 Å². The summed E-state index contributed by atoms with van der Waals surface area (Å²) in [7, 11) is -5.26. The molecule has 0 spiro atoms. The molecule has 0 amide bonds. The van der Waals surface area contributed by atoms with Gasteiger partial charge in [0.2, 0.25) is 10.0 Å². The molecule has 0 radical (unpaired) electrons. The van der Waals surface area contributed by atoms with Gasteiger partial charge in [-0.25, -0.2) is 8.42 Å². The summed E-state index contributed by atoms with van der Waals surface area (Å²) in [5, 5.41) is 11.8. The highest BCUT2D eigenvalue weighted by Crippen LogP contribution is 2.38. The van der Waals surface area contributed by atoms with Crippen LogP contribution < -0.4 is 0 Å². The van der Waals surface area contributed by atoms with Crippen LogP contribution in [0.2, 0.25) is 19.6 Å². The smallest absolute Gasteiger partial charge is 0.243 e. The van der Waals surface area contributed by atoms with E-state index in [0.29, 0.717) is 6.54 Å². The first-order valence-electron chi connectivity index (χ1n) is 7.84. The highest BCUT2D eigenvalue weighted by molar-refractivity contribution is 7.89. The van der Waals surface area contributed by atoms with E-state index in [1.54, 1.807) is 31.2 Å². The van der Waals surface area contributed by atoms with Crippen molar-refractivity contribution in [3.63, 3.8) is 0 Å². The lowest BCUT2D eigenvalue weighted by Crippen LogP contribution is -2.41. The van der Waals surface area contributed by atoms with Crippen LogP contribution in [0.25, 0.3) is 0 Å². The molecule has 4 nitrogen and oxygen atoms in total. The topological polar surface area (TPSA) is 57.6 Å². The molecule has 128 valence electrons. The van der Waals surface area contributed by atoms with Gasteiger partial charge in [0.15, 0.2) is 0 Å². The zero-order valence-electron chi connectivity index (χ0n) is 14.6. The molecule has 1 aliphatic heterocycles. The average Bonchev–Trinajstić information content (AvgIpc) is 2.73. The second-order valence-corrected chi connectivity index (χ2v) is 14.9. The van der Waals surface area contributed by atoms with Crippen molar-refractivity contribution in [1.29, 1.82) is 0 Å². The zero-order valence-corrected chi connectivity index (χ0v) is 16.4. The molecule has 2 rings (SSSR count). The molecular weight excluding hydrogens is 326 g/mol. The molecule has 0 saturated carbocycles. The van der Waals surface area contributed by atoms with Crippen molar-refractivity contribution in [3.8, 4) is 0 Å². The minimum atomic E-state index is -3.59. The summed E-state index contributed by atoms with van der Waals surface area (Å²) in [5.74, 6) is -0.214. The molecule has 2 atom stereocenters. The molecule has 1 aliphatic rings. The molecule has 0 aliphatic carbocycles. The molecule has 1 heterocycles. The molecule has 0 bridgehead atoms. The van der Waals surface area contributed by atoms with Crippen molar-refractivity contribution in [2.45, 2.75) is 44.0 Å². The Bertz CT molecular complexity index is 702. The standard InChI is InChI=1S/C17H27NO3SSi/c1-13-7-9-15(10-8-13)22(20,21)18-11-16(17(3,19)12-18)14(2)23(4,5)6/h7-10,16,19H,2,11-12H2,1,3-6H3/t16-,17-/m0/s1. The van der Waals surface area contributed by atoms with Crippen molar-refractivity contribution in [1.82, 2.24) is 4.31 Å². The van der Waals surface area contributed by atoms with Gasteiger partial charge in [0.05, 0.1) is 18.6 Å². The molecule has 1 N–H and O–H groups in total. The van der Waals surface area contributed by atoms with Crippen molar-refractivity contribution < 1.29 is 13.5 Å². The van der Waals surface area contributed by atoms with Crippen LogP contribution in [0.1, 0.15) is 12.5 Å². The zero-order chi connectivity index (χ0) is 17.6. The number of hydrogen-bond donors (Lipinski definition) is 1. The van der Waals surface area contributed by atoms with Crippen LogP contribution >= 0.6 is 0 Å². The first-order chi connectivity index (χ1) is 10.4. The Hall–Kier alpha value is -0.953. The molecule has 1 fully saturated rings. The monoisotopic (exact) mass is 353 g/mol. The van der Waals surface area contributed by atoms with Crippen molar-refractivity contribution in [2.24, 2.45) is 5.92 Å². The number of sulfonamides is 1.